The summed E-state index contributed by atoms with van der Waals surface area (Å²) >= 11 is 0. The molecule has 0 radical (unpaired) electrons. The van der Waals surface area contributed by atoms with Gasteiger partial charge in [0.1, 0.15) is 0 Å². The first-order valence-electron chi connectivity index (χ1n) is 5.33. The number of amides is 1. The van der Waals surface area contributed by atoms with Crippen LogP contribution in [0.4, 0.5) is 44.3 Å². The van der Waals surface area contributed by atoms with Gasteiger partial charge in [-0.05, 0) is 6.92 Å². The molecular weight excluding hydrogens is 325 g/mol. The number of alkyl carbamates (subject to hydrolysis) is 1. The summed E-state index contributed by atoms with van der Waals surface area (Å²) in [4.78, 5) is 10.6. The minimum atomic E-state index is -6.31. The van der Waals surface area contributed by atoms with Crippen LogP contribution in [0.15, 0.2) is 0 Å². The molecule has 1 amide bonds. The van der Waals surface area contributed by atoms with E-state index < -0.39 is 43.1 Å². The first kappa shape index (κ1) is 19.6. The largest absolute Gasteiger partial charge is 0.474 e. The maximum atomic E-state index is 13.0. The Morgan fingerprint density at radius 2 is 1.43 bits per heavy atom. The monoisotopic (exact) mass is 335 g/mol. The number of halogens is 9. The molecule has 0 saturated carbocycles. The van der Waals surface area contributed by atoms with Crippen molar-refractivity contribution < 1.29 is 49.0 Å². The molecule has 3 nitrogen and oxygen atoms in total. The highest BCUT2D eigenvalue weighted by Gasteiger charge is 2.74. The minimum Gasteiger partial charge on any atom is -0.379 e. The van der Waals surface area contributed by atoms with E-state index in [2.05, 4.69) is 4.74 Å². The van der Waals surface area contributed by atoms with Gasteiger partial charge in [0.15, 0.2) is 0 Å². The summed E-state index contributed by atoms with van der Waals surface area (Å²) in [5.74, 6) is -12.0. The quantitative estimate of drug-likeness (QED) is 0.747. The Kier molecular flexibility index (Phi) is 5.78. The third-order valence-corrected chi connectivity index (χ3v) is 2.09. The highest BCUT2D eigenvalue weighted by Crippen LogP contribution is 2.49. The molecule has 1 N–H and O–H groups in total. The zero-order valence-corrected chi connectivity index (χ0v) is 10.3. The van der Waals surface area contributed by atoms with E-state index in [1.54, 1.807) is 0 Å². The molecule has 0 bridgehead atoms. The third kappa shape index (κ3) is 5.16. The van der Waals surface area contributed by atoms with Crippen LogP contribution in [0.2, 0.25) is 0 Å². The van der Waals surface area contributed by atoms with Gasteiger partial charge in [-0.25, -0.2) is 4.79 Å². The molecule has 0 atom stereocenters. The van der Waals surface area contributed by atoms with Crippen molar-refractivity contribution in [3.8, 4) is 0 Å². The van der Waals surface area contributed by atoms with E-state index in [0.29, 0.717) is 0 Å². The SMILES string of the molecule is CCNC(=O)OC(F)(F)C(F)(F)C(F)(F)CCC(F)(F)F. The Morgan fingerprint density at radius 1 is 0.952 bits per heavy atom. The molecule has 0 aromatic rings. The number of carbonyl (C=O) groups excluding carboxylic acids is 1. The molecule has 0 rings (SSSR count). The van der Waals surface area contributed by atoms with Crippen molar-refractivity contribution in [1.82, 2.24) is 5.32 Å². The number of alkyl halides is 9. The zero-order valence-electron chi connectivity index (χ0n) is 10.3. The van der Waals surface area contributed by atoms with Crippen LogP contribution in [0.1, 0.15) is 19.8 Å². The number of hydrogen-bond donors (Lipinski definition) is 1. The molecule has 0 fully saturated rings. The van der Waals surface area contributed by atoms with E-state index in [9.17, 15) is 44.3 Å². The number of hydrogen-bond acceptors (Lipinski definition) is 2. The summed E-state index contributed by atoms with van der Waals surface area (Å²) in [6.07, 6.45) is -18.3. The standard InChI is InChI=1S/C9H10F9NO2/c1-2-19-5(20)21-9(17,18)8(15,16)6(10,11)3-4-7(12,13)14/h2-4H2,1H3,(H,19,20). The molecule has 0 saturated heterocycles. The molecule has 21 heavy (non-hydrogen) atoms. The summed E-state index contributed by atoms with van der Waals surface area (Å²) in [5.41, 5.74) is 0. The second kappa shape index (κ2) is 6.18. The normalized spacial score (nSPS) is 14.0. The van der Waals surface area contributed by atoms with Crippen molar-refractivity contribution in [3.05, 3.63) is 0 Å². The van der Waals surface area contributed by atoms with Gasteiger partial charge in [-0.15, -0.1) is 0 Å². The summed E-state index contributed by atoms with van der Waals surface area (Å²) in [6.45, 7) is 0.862. The van der Waals surface area contributed by atoms with E-state index in [-0.39, 0.29) is 6.54 Å². The van der Waals surface area contributed by atoms with Crippen molar-refractivity contribution in [1.29, 1.82) is 0 Å². The van der Waals surface area contributed by atoms with Crippen LogP contribution >= 0.6 is 0 Å². The fourth-order valence-corrected chi connectivity index (χ4v) is 1.03. The van der Waals surface area contributed by atoms with Crippen LogP contribution in [0.25, 0.3) is 0 Å². The lowest BCUT2D eigenvalue weighted by Gasteiger charge is -2.31. The molecule has 0 aliphatic heterocycles. The molecule has 126 valence electrons. The van der Waals surface area contributed by atoms with Crippen LogP contribution in [0, 0.1) is 0 Å². The highest BCUT2D eigenvalue weighted by atomic mass is 19.4. The van der Waals surface area contributed by atoms with Gasteiger partial charge in [0.25, 0.3) is 0 Å². The van der Waals surface area contributed by atoms with E-state index in [1.165, 1.54) is 12.2 Å². The van der Waals surface area contributed by atoms with E-state index >= 15 is 0 Å². The fourth-order valence-electron chi connectivity index (χ4n) is 1.03. The van der Waals surface area contributed by atoms with Crippen molar-refractivity contribution in [2.24, 2.45) is 0 Å². The average molecular weight is 335 g/mol. The second-order valence-corrected chi connectivity index (χ2v) is 3.83. The Morgan fingerprint density at radius 3 is 1.81 bits per heavy atom. The van der Waals surface area contributed by atoms with Crippen LogP contribution < -0.4 is 5.32 Å². The molecule has 0 spiro atoms. The summed E-state index contributed by atoms with van der Waals surface area (Å²) in [5, 5.41) is 1.48. The van der Waals surface area contributed by atoms with Crippen molar-refractivity contribution in [2.75, 3.05) is 6.54 Å². The molecule has 0 heterocycles. The van der Waals surface area contributed by atoms with Crippen LogP contribution in [-0.2, 0) is 4.74 Å². The Labute approximate surface area is 112 Å². The summed E-state index contributed by atoms with van der Waals surface area (Å²) < 4.78 is 116. The molecule has 0 aliphatic rings. The van der Waals surface area contributed by atoms with Crippen molar-refractivity contribution in [3.63, 3.8) is 0 Å². The number of carbonyl (C=O) groups is 1. The van der Waals surface area contributed by atoms with E-state index in [1.807, 2.05) is 0 Å². The molecule has 12 heteroatoms. The predicted molar refractivity (Wildman–Crippen MR) is 50.3 cm³/mol. The van der Waals surface area contributed by atoms with Gasteiger partial charge in [0.2, 0.25) is 0 Å². The molecule has 0 aliphatic carbocycles. The van der Waals surface area contributed by atoms with Gasteiger partial charge >= 0.3 is 30.2 Å². The Bertz CT molecular complexity index is 367. The number of ether oxygens (including phenoxy) is 1. The molecular formula is C9H10F9NO2. The number of rotatable bonds is 6. The lowest BCUT2D eigenvalue weighted by Crippen LogP contribution is -2.57. The van der Waals surface area contributed by atoms with Gasteiger partial charge in [0.05, 0.1) is 0 Å². The maximum absolute atomic E-state index is 13.0. The van der Waals surface area contributed by atoms with E-state index in [0.717, 1.165) is 0 Å². The van der Waals surface area contributed by atoms with Crippen LogP contribution in [0.3, 0.4) is 0 Å². The summed E-state index contributed by atoms with van der Waals surface area (Å²) in [7, 11) is 0. The zero-order chi connectivity index (χ0) is 17.1. The van der Waals surface area contributed by atoms with Crippen molar-refractivity contribution in [2.45, 2.75) is 43.9 Å². The second-order valence-electron chi connectivity index (χ2n) is 3.83. The van der Waals surface area contributed by atoms with Gasteiger partial charge in [0, 0.05) is 19.4 Å². The smallest absolute Gasteiger partial charge is 0.379 e. The van der Waals surface area contributed by atoms with Crippen molar-refractivity contribution >= 4 is 6.09 Å². The maximum Gasteiger partial charge on any atom is 0.474 e. The molecule has 0 aromatic carbocycles. The summed E-state index contributed by atoms with van der Waals surface area (Å²) in [6, 6.07) is 0. The topological polar surface area (TPSA) is 38.3 Å². The van der Waals surface area contributed by atoms with Crippen LogP contribution in [0.5, 0.6) is 0 Å². The molecule has 0 unspecified atom stereocenters. The molecule has 0 aromatic heterocycles. The average Bonchev–Trinajstić information content (AvgIpc) is 2.24. The first-order valence-corrected chi connectivity index (χ1v) is 5.33. The third-order valence-electron chi connectivity index (χ3n) is 2.09. The number of nitrogens with one attached hydrogen (secondary N) is 1. The highest BCUT2D eigenvalue weighted by molar-refractivity contribution is 5.67. The Balaban J connectivity index is 5.08. The lowest BCUT2D eigenvalue weighted by molar-refractivity contribution is -0.382. The van der Waals surface area contributed by atoms with Gasteiger partial charge < -0.3 is 10.1 Å². The van der Waals surface area contributed by atoms with E-state index in [4.69, 9.17) is 0 Å². The first-order chi connectivity index (χ1) is 9.16. The lowest BCUT2D eigenvalue weighted by atomic mass is 10.1. The fraction of sp³-hybridized carbons (Fsp3) is 0.889. The van der Waals surface area contributed by atoms with Crippen LogP contribution in [-0.4, -0.2) is 36.8 Å². The van der Waals surface area contributed by atoms with Gasteiger partial charge in [-0.3, -0.25) is 0 Å². The van der Waals surface area contributed by atoms with Gasteiger partial charge in [-0.2, -0.15) is 39.5 Å². The minimum absolute atomic E-state index is 0.328. The predicted octanol–water partition coefficient (Wildman–Crippen LogP) is 3.94. The Hall–Kier alpha value is -1.36. The van der Waals surface area contributed by atoms with Gasteiger partial charge in [-0.1, -0.05) is 0 Å².